The number of nitrogens with one attached hydrogen (secondary N) is 1. The van der Waals surface area contributed by atoms with Gasteiger partial charge in [-0.2, -0.15) is 0 Å². The molecular weight excluding hydrogens is 406 g/mol. The molecular formula is C21H21N3O5S. The molecule has 156 valence electrons. The average Bonchev–Trinajstić information content (AvgIpc) is 2.73. The second-order valence-corrected chi connectivity index (χ2v) is 7.63. The van der Waals surface area contributed by atoms with Gasteiger partial charge in [0.05, 0.1) is 17.9 Å². The topological polar surface area (TPSA) is 108 Å². The molecule has 1 aliphatic heterocycles. The van der Waals surface area contributed by atoms with Crippen LogP contribution in [0.4, 0.5) is 11.4 Å². The summed E-state index contributed by atoms with van der Waals surface area (Å²) in [6.45, 7) is 2.47. The van der Waals surface area contributed by atoms with Crippen LogP contribution in [0.15, 0.2) is 53.5 Å². The maximum absolute atomic E-state index is 12.7. The molecule has 0 saturated carbocycles. The summed E-state index contributed by atoms with van der Waals surface area (Å²) in [7, 11) is 1.63. The number of amides is 2. The van der Waals surface area contributed by atoms with Gasteiger partial charge in [-0.3, -0.25) is 14.5 Å². The number of ether oxygens (including phenoxy) is 1. The highest BCUT2D eigenvalue weighted by Crippen LogP contribution is 2.29. The zero-order chi connectivity index (χ0) is 21.7. The highest BCUT2D eigenvalue weighted by molar-refractivity contribution is 8.15. The zero-order valence-electron chi connectivity index (χ0n) is 16.5. The van der Waals surface area contributed by atoms with E-state index in [4.69, 9.17) is 9.84 Å². The van der Waals surface area contributed by atoms with Crippen molar-refractivity contribution in [3.8, 4) is 5.75 Å². The number of carboxylic acids is 1. The lowest BCUT2D eigenvalue weighted by atomic mass is 10.2. The van der Waals surface area contributed by atoms with Crippen LogP contribution in [0, 0.1) is 0 Å². The minimum atomic E-state index is -1.04. The van der Waals surface area contributed by atoms with Gasteiger partial charge in [0.15, 0.2) is 5.17 Å². The number of carbonyl (C=O) groups excluding carboxylic acids is 2. The van der Waals surface area contributed by atoms with E-state index >= 15 is 0 Å². The molecule has 1 unspecified atom stereocenters. The summed E-state index contributed by atoms with van der Waals surface area (Å²) < 4.78 is 5.41. The Kier molecular flexibility index (Phi) is 6.73. The summed E-state index contributed by atoms with van der Waals surface area (Å²) in [5, 5.41) is 11.5. The van der Waals surface area contributed by atoms with Crippen LogP contribution >= 0.6 is 11.8 Å². The van der Waals surface area contributed by atoms with Gasteiger partial charge in [0, 0.05) is 19.2 Å². The third-order valence-corrected chi connectivity index (χ3v) is 5.57. The quantitative estimate of drug-likeness (QED) is 0.732. The van der Waals surface area contributed by atoms with E-state index < -0.39 is 11.2 Å². The summed E-state index contributed by atoms with van der Waals surface area (Å²) in [5.41, 5.74) is 1.23. The third kappa shape index (κ3) is 5.18. The number of nitrogens with zero attached hydrogens (tertiary/aromatic N) is 2. The Morgan fingerprint density at radius 3 is 2.47 bits per heavy atom. The third-order valence-electron chi connectivity index (χ3n) is 4.33. The molecule has 2 N–H and O–H groups in total. The number of anilines is 1. The normalized spacial score (nSPS) is 17.7. The number of aromatic carboxylic acids is 1. The Hall–Kier alpha value is -3.33. The van der Waals surface area contributed by atoms with Gasteiger partial charge in [-0.15, -0.1) is 0 Å². The lowest BCUT2D eigenvalue weighted by Gasteiger charge is -2.28. The van der Waals surface area contributed by atoms with Crippen LogP contribution in [-0.2, 0) is 9.59 Å². The van der Waals surface area contributed by atoms with Crippen molar-refractivity contribution in [2.45, 2.75) is 18.6 Å². The highest BCUT2D eigenvalue weighted by Gasteiger charge is 2.34. The van der Waals surface area contributed by atoms with Crippen molar-refractivity contribution in [3.63, 3.8) is 0 Å². The number of hydrogen-bond acceptors (Lipinski definition) is 6. The van der Waals surface area contributed by atoms with Gasteiger partial charge in [0.25, 0.3) is 0 Å². The monoisotopic (exact) mass is 427 g/mol. The predicted molar refractivity (Wildman–Crippen MR) is 116 cm³/mol. The molecule has 1 heterocycles. The SMILES string of the molecule is CCOc1ccc(N=C2SC(C(=O)Nc3ccc(C(=O)O)cc3)CC(=O)N2C)cc1. The van der Waals surface area contributed by atoms with Crippen LogP contribution in [0.3, 0.4) is 0 Å². The summed E-state index contributed by atoms with van der Waals surface area (Å²) in [5.74, 6) is -0.864. The minimum Gasteiger partial charge on any atom is -0.494 e. The van der Waals surface area contributed by atoms with Gasteiger partial charge in [-0.1, -0.05) is 11.8 Å². The van der Waals surface area contributed by atoms with Crippen LogP contribution in [0.2, 0.25) is 0 Å². The fourth-order valence-electron chi connectivity index (χ4n) is 2.71. The van der Waals surface area contributed by atoms with Crippen molar-refractivity contribution in [1.82, 2.24) is 4.90 Å². The van der Waals surface area contributed by atoms with Crippen molar-refractivity contribution < 1.29 is 24.2 Å². The Morgan fingerprint density at radius 2 is 1.87 bits per heavy atom. The second-order valence-electron chi connectivity index (χ2n) is 6.46. The largest absolute Gasteiger partial charge is 0.494 e. The minimum absolute atomic E-state index is 0.0442. The van der Waals surface area contributed by atoms with Crippen LogP contribution in [0.5, 0.6) is 5.75 Å². The van der Waals surface area contributed by atoms with E-state index in [0.29, 0.717) is 23.1 Å². The molecule has 30 heavy (non-hydrogen) atoms. The number of hydrogen-bond donors (Lipinski definition) is 2. The Morgan fingerprint density at radius 1 is 1.20 bits per heavy atom. The number of carboxylic acid groups (broad SMARTS) is 1. The summed E-state index contributed by atoms with van der Waals surface area (Å²) in [4.78, 5) is 41.9. The molecule has 0 bridgehead atoms. The molecule has 0 aliphatic carbocycles. The van der Waals surface area contributed by atoms with Crippen LogP contribution < -0.4 is 10.1 Å². The highest BCUT2D eigenvalue weighted by atomic mass is 32.2. The fourth-order valence-corrected chi connectivity index (χ4v) is 3.78. The summed E-state index contributed by atoms with van der Waals surface area (Å²) in [6.07, 6.45) is 0.0442. The Bertz CT molecular complexity index is 973. The van der Waals surface area contributed by atoms with E-state index in [1.54, 1.807) is 31.3 Å². The second kappa shape index (κ2) is 9.45. The smallest absolute Gasteiger partial charge is 0.335 e. The number of amidine groups is 1. The van der Waals surface area contributed by atoms with Crippen LogP contribution in [0.1, 0.15) is 23.7 Å². The number of benzene rings is 2. The summed E-state index contributed by atoms with van der Waals surface area (Å²) in [6, 6.07) is 13.0. The first-order chi connectivity index (χ1) is 14.4. The molecule has 9 heteroatoms. The van der Waals surface area contributed by atoms with Crippen LogP contribution in [-0.4, -0.2) is 51.9 Å². The first kappa shape index (κ1) is 21.4. The van der Waals surface area contributed by atoms with Crippen molar-refractivity contribution in [3.05, 3.63) is 54.1 Å². The van der Waals surface area contributed by atoms with E-state index in [9.17, 15) is 14.4 Å². The molecule has 1 aliphatic rings. The zero-order valence-corrected chi connectivity index (χ0v) is 17.3. The molecule has 1 fully saturated rings. The van der Waals surface area contributed by atoms with Crippen LogP contribution in [0.25, 0.3) is 0 Å². The number of rotatable bonds is 6. The van der Waals surface area contributed by atoms with Gasteiger partial charge in [0.1, 0.15) is 11.0 Å². The van der Waals surface area contributed by atoms with E-state index in [1.165, 1.54) is 40.9 Å². The van der Waals surface area contributed by atoms with Gasteiger partial charge in [-0.05, 0) is 55.5 Å². The van der Waals surface area contributed by atoms with E-state index in [2.05, 4.69) is 10.3 Å². The Labute approximate surface area is 177 Å². The standard InChI is InChI=1S/C21H21N3O5S/c1-3-29-16-10-8-15(9-11-16)23-21-24(2)18(25)12-17(30-21)19(26)22-14-6-4-13(5-7-14)20(27)28/h4-11,17H,3,12H2,1-2H3,(H,22,26)(H,27,28). The molecule has 2 aromatic carbocycles. The van der Waals surface area contributed by atoms with Gasteiger partial charge in [-0.25, -0.2) is 9.79 Å². The van der Waals surface area contributed by atoms with Gasteiger partial charge < -0.3 is 15.2 Å². The molecule has 8 nitrogen and oxygen atoms in total. The predicted octanol–water partition coefficient (Wildman–Crippen LogP) is 3.37. The number of carbonyl (C=O) groups is 3. The molecule has 2 amide bonds. The average molecular weight is 427 g/mol. The lowest BCUT2D eigenvalue weighted by Crippen LogP contribution is -2.43. The number of aliphatic imine (C=N–C) groups is 1. The molecule has 2 aromatic rings. The molecule has 0 radical (unpaired) electrons. The number of thioether (sulfide) groups is 1. The van der Waals surface area contributed by atoms with Gasteiger partial charge in [0.2, 0.25) is 11.8 Å². The molecule has 3 rings (SSSR count). The van der Waals surface area contributed by atoms with Crippen molar-refractivity contribution in [1.29, 1.82) is 0 Å². The van der Waals surface area contributed by atoms with Gasteiger partial charge >= 0.3 is 5.97 Å². The van der Waals surface area contributed by atoms with Crippen molar-refractivity contribution >= 4 is 46.1 Å². The van der Waals surface area contributed by atoms with Crippen molar-refractivity contribution in [2.75, 3.05) is 19.0 Å². The Balaban J connectivity index is 1.72. The van der Waals surface area contributed by atoms with E-state index in [1.807, 2.05) is 6.92 Å². The first-order valence-corrected chi connectivity index (χ1v) is 10.1. The maximum atomic E-state index is 12.7. The van der Waals surface area contributed by atoms with E-state index in [0.717, 1.165) is 5.75 Å². The van der Waals surface area contributed by atoms with E-state index in [-0.39, 0.29) is 23.8 Å². The lowest BCUT2D eigenvalue weighted by molar-refractivity contribution is -0.128. The molecule has 0 aromatic heterocycles. The fraction of sp³-hybridized carbons (Fsp3) is 0.238. The molecule has 1 saturated heterocycles. The van der Waals surface area contributed by atoms with Crippen molar-refractivity contribution in [2.24, 2.45) is 4.99 Å². The first-order valence-electron chi connectivity index (χ1n) is 9.26. The molecule has 0 spiro atoms. The molecule has 1 atom stereocenters. The maximum Gasteiger partial charge on any atom is 0.335 e. The summed E-state index contributed by atoms with van der Waals surface area (Å²) >= 11 is 1.21.